The van der Waals surface area contributed by atoms with E-state index in [4.69, 9.17) is 4.74 Å². The molecule has 156 valence electrons. The number of carbonyl (C=O) groups is 1. The third kappa shape index (κ3) is 3.86. The Hall–Kier alpha value is -3.39. The molecule has 1 saturated heterocycles. The number of aromatic nitrogens is 4. The molecule has 31 heavy (non-hydrogen) atoms. The van der Waals surface area contributed by atoms with Gasteiger partial charge in [-0.2, -0.15) is 0 Å². The highest BCUT2D eigenvalue weighted by molar-refractivity contribution is 7.14. The highest BCUT2D eigenvalue weighted by Gasteiger charge is 2.28. The average Bonchev–Trinajstić information content (AvgIpc) is 3.33. The summed E-state index contributed by atoms with van der Waals surface area (Å²) in [4.78, 5) is 23.7. The van der Waals surface area contributed by atoms with Crippen LogP contribution in [0.5, 0.6) is 5.75 Å². The van der Waals surface area contributed by atoms with Crippen LogP contribution in [0.15, 0.2) is 54.7 Å². The molecular weight excluding hydrogens is 410 g/mol. The molecule has 0 spiro atoms. The number of piperidine rings is 1. The van der Waals surface area contributed by atoms with Crippen molar-refractivity contribution in [2.24, 2.45) is 0 Å². The van der Waals surface area contributed by atoms with Crippen LogP contribution in [-0.4, -0.2) is 51.2 Å². The molecule has 4 aromatic rings. The summed E-state index contributed by atoms with van der Waals surface area (Å²) in [6.07, 6.45) is 3.28. The lowest BCUT2D eigenvalue weighted by atomic mass is 9.97. The van der Waals surface area contributed by atoms with Crippen molar-refractivity contribution in [2.75, 3.05) is 20.2 Å². The molecule has 3 heterocycles. The summed E-state index contributed by atoms with van der Waals surface area (Å²) in [6, 6.07) is 15.4. The molecular formula is C23H21N5O2S. The molecule has 0 saturated carbocycles. The van der Waals surface area contributed by atoms with Crippen molar-refractivity contribution in [2.45, 2.75) is 18.8 Å². The number of hydrogen-bond acceptors (Lipinski definition) is 7. The number of methoxy groups -OCH3 is 1. The molecule has 0 radical (unpaired) electrons. The van der Waals surface area contributed by atoms with Crippen LogP contribution in [0.3, 0.4) is 0 Å². The van der Waals surface area contributed by atoms with Gasteiger partial charge in [0, 0.05) is 19.0 Å². The molecule has 1 fully saturated rings. The average molecular weight is 432 g/mol. The number of likely N-dealkylation sites (tertiary alicyclic amines) is 1. The monoisotopic (exact) mass is 431 g/mol. The number of carbonyl (C=O) groups excluding carboxylic acids is 1. The van der Waals surface area contributed by atoms with Gasteiger partial charge in [-0.1, -0.05) is 35.6 Å². The van der Waals surface area contributed by atoms with Crippen LogP contribution in [0.1, 0.15) is 34.3 Å². The first-order valence-corrected chi connectivity index (χ1v) is 11.0. The smallest absolute Gasteiger partial charge is 0.274 e. The second-order valence-corrected chi connectivity index (χ2v) is 8.47. The van der Waals surface area contributed by atoms with E-state index in [1.165, 1.54) is 0 Å². The van der Waals surface area contributed by atoms with Crippen molar-refractivity contribution in [1.82, 2.24) is 25.1 Å². The van der Waals surface area contributed by atoms with Crippen LogP contribution < -0.4 is 4.74 Å². The summed E-state index contributed by atoms with van der Waals surface area (Å²) in [5, 5.41) is 10.7. The normalized spacial score (nSPS) is 14.7. The Morgan fingerprint density at radius 3 is 2.58 bits per heavy atom. The van der Waals surface area contributed by atoms with E-state index in [1.807, 2.05) is 53.4 Å². The fourth-order valence-corrected chi connectivity index (χ4v) is 4.92. The van der Waals surface area contributed by atoms with Gasteiger partial charge in [0.2, 0.25) is 0 Å². The molecule has 2 aromatic carbocycles. The number of fused-ring (bicyclic) bond motifs is 1. The van der Waals surface area contributed by atoms with Gasteiger partial charge in [-0.05, 0) is 37.1 Å². The van der Waals surface area contributed by atoms with Gasteiger partial charge in [0.1, 0.15) is 16.5 Å². The van der Waals surface area contributed by atoms with E-state index < -0.39 is 0 Å². The first-order valence-electron chi connectivity index (χ1n) is 10.2. The maximum absolute atomic E-state index is 12.9. The van der Waals surface area contributed by atoms with Gasteiger partial charge < -0.3 is 9.64 Å². The van der Waals surface area contributed by atoms with Crippen LogP contribution in [-0.2, 0) is 0 Å². The van der Waals surface area contributed by atoms with Crippen LogP contribution in [0.4, 0.5) is 0 Å². The molecule has 0 atom stereocenters. The van der Waals surface area contributed by atoms with Crippen LogP contribution in [0.25, 0.3) is 21.6 Å². The van der Waals surface area contributed by atoms with Gasteiger partial charge in [0.15, 0.2) is 5.01 Å². The largest absolute Gasteiger partial charge is 0.496 e. The minimum atomic E-state index is -0.0660. The molecule has 5 rings (SSSR count). The van der Waals surface area contributed by atoms with Gasteiger partial charge in [-0.25, -0.2) is 4.98 Å². The molecule has 7 nitrogen and oxygen atoms in total. The van der Waals surface area contributed by atoms with Gasteiger partial charge in [0.25, 0.3) is 5.91 Å². The maximum Gasteiger partial charge on any atom is 0.274 e. The topological polar surface area (TPSA) is 81.1 Å². The van der Waals surface area contributed by atoms with Gasteiger partial charge in [-0.15, -0.1) is 10.2 Å². The molecule has 0 aliphatic carbocycles. The van der Waals surface area contributed by atoms with E-state index >= 15 is 0 Å². The highest BCUT2D eigenvalue weighted by Crippen LogP contribution is 2.36. The van der Waals surface area contributed by atoms with Crippen molar-refractivity contribution in [3.63, 3.8) is 0 Å². The molecule has 8 heteroatoms. The minimum absolute atomic E-state index is 0.0660. The fourth-order valence-electron chi connectivity index (χ4n) is 3.88. The van der Waals surface area contributed by atoms with Crippen molar-refractivity contribution in [3.8, 4) is 16.3 Å². The Morgan fingerprint density at radius 2 is 1.77 bits per heavy atom. The number of benzene rings is 2. The Morgan fingerprint density at radius 1 is 1.03 bits per heavy atom. The molecule has 0 bridgehead atoms. The lowest BCUT2D eigenvalue weighted by Gasteiger charge is -2.30. The summed E-state index contributed by atoms with van der Waals surface area (Å²) in [7, 11) is 1.66. The van der Waals surface area contributed by atoms with Gasteiger partial charge in [0.05, 0.1) is 29.9 Å². The minimum Gasteiger partial charge on any atom is -0.496 e. The lowest BCUT2D eigenvalue weighted by molar-refractivity contribution is 0.0707. The maximum atomic E-state index is 12.9. The highest BCUT2D eigenvalue weighted by atomic mass is 32.1. The summed E-state index contributed by atoms with van der Waals surface area (Å²) >= 11 is 1.60. The Balaban J connectivity index is 1.27. The van der Waals surface area contributed by atoms with Crippen molar-refractivity contribution >= 4 is 28.3 Å². The SMILES string of the molecule is COc1ccccc1-c1nnc(C2CCN(C(=O)c3cnc4ccccc4n3)CC2)s1. The van der Waals surface area contributed by atoms with Gasteiger partial charge >= 0.3 is 0 Å². The van der Waals surface area contributed by atoms with Gasteiger partial charge in [-0.3, -0.25) is 9.78 Å². The number of rotatable bonds is 4. The summed E-state index contributed by atoms with van der Waals surface area (Å²) in [5.41, 5.74) is 2.88. The number of amides is 1. The number of ether oxygens (including phenoxy) is 1. The van der Waals surface area contributed by atoms with Crippen LogP contribution >= 0.6 is 11.3 Å². The first-order chi connectivity index (χ1) is 15.2. The Kier molecular flexibility index (Phi) is 5.30. The van der Waals surface area contributed by atoms with Crippen LogP contribution in [0, 0.1) is 0 Å². The van der Waals surface area contributed by atoms with E-state index in [1.54, 1.807) is 24.6 Å². The van der Waals surface area contributed by atoms with E-state index in [2.05, 4.69) is 20.2 Å². The van der Waals surface area contributed by atoms with E-state index in [0.29, 0.717) is 24.7 Å². The quantitative estimate of drug-likeness (QED) is 0.482. The molecule has 1 amide bonds. The number of hydrogen-bond donors (Lipinski definition) is 0. The summed E-state index contributed by atoms with van der Waals surface area (Å²) in [6.45, 7) is 1.34. The zero-order valence-electron chi connectivity index (χ0n) is 17.1. The predicted octanol–water partition coefficient (Wildman–Crippen LogP) is 4.18. The Labute approximate surface area is 183 Å². The second kappa shape index (κ2) is 8.39. The summed E-state index contributed by atoms with van der Waals surface area (Å²) < 4.78 is 5.45. The lowest BCUT2D eigenvalue weighted by Crippen LogP contribution is -2.38. The predicted molar refractivity (Wildman–Crippen MR) is 119 cm³/mol. The number of nitrogens with zero attached hydrogens (tertiary/aromatic N) is 5. The molecule has 2 aromatic heterocycles. The molecule has 1 aliphatic rings. The van der Waals surface area contributed by atoms with E-state index in [0.717, 1.165) is 45.2 Å². The van der Waals surface area contributed by atoms with Crippen molar-refractivity contribution in [1.29, 1.82) is 0 Å². The summed E-state index contributed by atoms with van der Waals surface area (Å²) in [5.74, 6) is 1.03. The third-order valence-corrected chi connectivity index (χ3v) is 6.70. The standard InChI is InChI=1S/C23H21N5O2S/c1-30-20-9-5-2-6-16(20)22-27-26-21(31-22)15-10-12-28(13-11-15)23(29)19-14-24-17-7-3-4-8-18(17)25-19/h2-9,14-15H,10-13H2,1H3. The van der Waals surface area contributed by atoms with Crippen molar-refractivity contribution < 1.29 is 9.53 Å². The van der Waals surface area contributed by atoms with E-state index in [-0.39, 0.29) is 5.91 Å². The first kappa shape index (κ1) is 19.6. The van der Waals surface area contributed by atoms with Crippen molar-refractivity contribution in [3.05, 3.63) is 65.4 Å². The molecule has 0 N–H and O–H groups in total. The van der Waals surface area contributed by atoms with E-state index in [9.17, 15) is 4.79 Å². The molecule has 1 aliphatic heterocycles. The second-order valence-electron chi connectivity index (χ2n) is 7.46. The number of para-hydroxylation sites is 3. The van der Waals surface area contributed by atoms with Crippen LogP contribution in [0.2, 0.25) is 0 Å². The third-order valence-electron chi connectivity index (χ3n) is 5.58. The molecule has 0 unspecified atom stereocenters. The fraction of sp³-hybridized carbons (Fsp3) is 0.261. The zero-order valence-corrected chi connectivity index (χ0v) is 17.9. The zero-order chi connectivity index (χ0) is 21.2. The Bertz CT molecular complexity index is 1230.